The highest BCUT2D eigenvalue weighted by atomic mass is 16.1. The third-order valence-corrected chi connectivity index (χ3v) is 4.32. The molecule has 4 aliphatic carbocycles. The van der Waals surface area contributed by atoms with Gasteiger partial charge in [-0.1, -0.05) is 0 Å². The van der Waals surface area contributed by atoms with Crippen LogP contribution in [0.1, 0.15) is 32.1 Å². The maximum Gasteiger partial charge on any atom is 0.223 e. The third kappa shape index (κ3) is 0.976. The lowest BCUT2D eigenvalue weighted by Crippen LogP contribution is -2.52. The van der Waals surface area contributed by atoms with Gasteiger partial charge in [0.1, 0.15) is 0 Å². The predicted octanol–water partition coefficient (Wildman–Crippen LogP) is 1.50. The fourth-order valence-corrected chi connectivity index (χ4v) is 4.07. The highest BCUT2D eigenvalue weighted by Gasteiger charge is 2.53. The van der Waals surface area contributed by atoms with Crippen LogP contribution in [-0.2, 0) is 4.79 Å². The van der Waals surface area contributed by atoms with Crippen molar-refractivity contribution >= 4 is 5.91 Å². The molecule has 0 aromatic rings. The molecule has 2 N–H and O–H groups in total. The number of amides is 1. The monoisotopic (exact) mass is 178 g/mol. The minimum Gasteiger partial charge on any atom is -0.369 e. The molecule has 0 spiro atoms. The number of primary amides is 1. The molecule has 0 aromatic carbocycles. The number of carbonyl (C=O) groups excluding carboxylic acids is 1. The summed E-state index contributed by atoms with van der Waals surface area (Å²) in [7, 11) is 0. The summed E-state index contributed by atoms with van der Waals surface area (Å²) in [6.07, 6.45) is 8.32. The Morgan fingerprint density at radius 2 is 1.85 bits per heavy atom. The van der Waals surface area contributed by atoms with E-state index in [0.717, 1.165) is 25.2 Å². The van der Waals surface area contributed by atoms with E-state index < -0.39 is 0 Å². The molecule has 2 nitrogen and oxygen atoms in total. The molecule has 1 amide bonds. The summed E-state index contributed by atoms with van der Waals surface area (Å²) in [6, 6.07) is 0. The van der Waals surface area contributed by atoms with E-state index in [-0.39, 0.29) is 11.3 Å². The lowest BCUT2D eigenvalue weighted by molar-refractivity contribution is -0.138. The van der Waals surface area contributed by atoms with Crippen molar-refractivity contribution in [2.24, 2.45) is 28.9 Å². The topological polar surface area (TPSA) is 43.1 Å². The molecule has 71 valence electrons. The zero-order chi connectivity index (χ0) is 9.05. The van der Waals surface area contributed by atoms with E-state index in [1.807, 2.05) is 0 Å². The highest BCUT2D eigenvalue weighted by Crippen LogP contribution is 2.59. The molecule has 1 radical (unpaired) electrons. The summed E-state index contributed by atoms with van der Waals surface area (Å²) < 4.78 is 0. The molecule has 4 fully saturated rings. The summed E-state index contributed by atoms with van der Waals surface area (Å²) in [6.45, 7) is 0. The zero-order valence-electron chi connectivity index (χ0n) is 7.83. The van der Waals surface area contributed by atoms with Crippen molar-refractivity contribution in [3.63, 3.8) is 0 Å². The van der Waals surface area contributed by atoms with Crippen LogP contribution < -0.4 is 5.73 Å². The van der Waals surface area contributed by atoms with Gasteiger partial charge >= 0.3 is 0 Å². The van der Waals surface area contributed by atoms with Gasteiger partial charge in [0.15, 0.2) is 0 Å². The van der Waals surface area contributed by atoms with Crippen molar-refractivity contribution in [1.29, 1.82) is 0 Å². The van der Waals surface area contributed by atoms with Gasteiger partial charge in [-0.3, -0.25) is 4.79 Å². The van der Waals surface area contributed by atoms with Crippen LogP contribution in [0.25, 0.3) is 0 Å². The minimum atomic E-state index is -0.0920. The van der Waals surface area contributed by atoms with Gasteiger partial charge in [0.25, 0.3) is 0 Å². The van der Waals surface area contributed by atoms with Gasteiger partial charge in [-0.25, -0.2) is 0 Å². The van der Waals surface area contributed by atoms with Crippen molar-refractivity contribution in [3.05, 3.63) is 6.42 Å². The third-order valence-electron chi connectivity index (χ3n) is 4.32. The first kappa shape index (κ1) is 7.84. The van der Waals surface area contributed by atoms with E-state index in [1.54, 1.807) is 0 Å². The Kier molecular flexibility index (Phi) is 1.38. The van der Waals surface area contributed by atoms with Crippen molar-refractivity contribution in [3.8, 4) is 0 Å². The molecule has 4 saturated carbocycles. The number of rotatable bonds is 1. The van der Waals surface area contributed by atoms with Crippen LogP contribution in [0.2, 0.25) is 0 Å². The first-order valence-electron chi connectivity index (χ1n) is 5.33. The zero-order valence-corrected chi connectivity index (χ0v) is 7.83. The Labute approximate surface area is 78.9 Å². The van der Waals surface area contributed by atoms with Gasteiger partial charge in [-0.05, 0) is 56.3 Å². The summed E-state index contributed by atoms with van der Waals surface area (Å²) in [5.41, 5.74) is 5.45. The Hall–Kier alpha value is -0.530. The molecule has 4 rings (SSSR count). The van der Waals surface area contributed by atoms with E-state index in [4.69, 9.17) is 5.73 Å². The van der Waals surface area contributed by atoms with Crippen LogP contribution in [-0.4, -0.2) is 5.91 Å². The van der Waals surface area contributed by atoms with Gasteiger partial charge in [0.05, 0.1) is 0 Å². The fourth-order valence-electron chi connectivity index (χ4n) is 4.07. The smallest absolute Gasteiger partial charge is 0.223 e. The molecular weight excluding hydrogens is 162 g/mol. The Morgan fingerprint density at radius 3 is 2.31 bits per heavy atom. The average molecular weight is 178 g/mol. The summed E-state index contributed by atoms with van der Waals surface area (Å²) in [5, 5.41) is 0. The average Bonchev–Trinajstić information content (AvgIpc) is 2.00. The molecule has 0 unspecified atom stereocenters. The molecule has 4 bridgehead atoms. The second-order valence-electron chi connectivity index (χ2n) is 5.31. The SMILES string of the molecule is NC(=O)C12CC3C[C@@H]([CH][C@H](C3)C1)C2. The largest absolute Gasteiger partial charge is 0.369 e. The van der Waals surface area contributed by atoms with E-state index in [0.29, 0.717) is 11.8 Å². The molecule has 2 heteroatoms. The maximum atomic E-state index is 11.5. The van der Waals surface area contributed by atoms with Gasteiger partial charge in [-0.2, -0.15) is 0 Å². The summed E-state index contributed by atoms with van der Waals surface area (Å²) in [4.78, 5) is 11.5. The molecule has 0 saturated heterocycles. The van der Waals surface area contributed by atoms with Crippen LogP contribution >= 0.6 is 0 Å². The van der Waals surface area contributed by atoms with Gasteiger partial charge in [0.2, 0.25) is 5.91 Å². The second kappa shape index (κ2) is 2.28. The van der Waals surface area contributed by atoms with Crippen LogP contribution in [0, 0.1) is 29.6 Å². The van der Waals surface area contributed by atoms with Crippen molar-refractivity contribution in [2.75, 3.05) is 0 Å². The lowest BCUT2D eigenvalue weighted by atomic mass is 9.49. The minimum absolute atomic E-state index is 0.0278. The first-order valence-corrected chi connectivity index (χ1v) is 5.33. The standard InChI is InChI=1S/C11H16NO/c12-10(13)11-4-7-1-8(5-11)3-9(2-7)6-11/h1,7-9H,2-6H2,(H2,12,13)/t7-,8-,9?,11?/m1/s1. The van der Waals surface area contributed by atoms with E-state index in [2.05, 4.69) is 6.42 Å². The normalized spacial score (nSPS) is 52.5. The molecular formula is C11H16NO. The quantitative estimate of drug-likeness (QED) is 0.649. The van der Waals surface area contributed by atoms with Gasteiger partial charge in [-0.15, -0.1) is 0 Å². The maximum absolute atomic E-state index is 11.5. The fraction of sp³-hybridized carbons (Fsp3) is 0.818. The first-order chi connectivity index (χ1) is 6.18. The van der Waals surface area contributed by atoms with Crippen LogP contribution in [0.4, 0.5) is 0 Å². The summed E-state index contributed by atoms with van der Waals surface area (Å²) in [5.74, 6) is 2.19. The highest BCUT2D eigenvalue weighted by molar-refractivity contribution is 5.81. The lowest BCUT2D eigenvalue weighted by Gasteiger charge is -2.55. The van der Waals surface area contributed by atoms with Gasteiger partial charge in [0, 0.05) is 5.41 Å². The number of hydrogen-bond donors (Lipinski definition) is 1. The van der Waals surface area contributed by atoms with Crippen molar-refractivity contribution in [1.82, 2.24) is 0 Å². The number of nitrogens with two attached hydrogens (primary N) is 1. The number of carbonyl (C=O) groups is 1. The van der Waals surface area contributed by atoms with E-state index >= 15 is 0 Å². The number of hydrogen-bond acceptors (Lipinski definition) is 1. The van der Waals surface area contributed by atoms with E-state index in [1.165, 1.54) is 12.8 Å². The van der Waals surface area contributed by atoms with Crippen LogP contribution in [0.3, 0.4) is 0 Å². The van der Waals surface area contributed by atoms with Crippen LogP contribution in [0.5, 0.6) is 0 Å². The Morgan fingerprint density at radius 1 is 1.23 bits per heavy atom. The Bertz CT molecular complexity index is 224. The van der Waals surface area contributed by atoms with Crippen molar-refractivity contribution in [2.45, 2.75) is 32.1 Å². The molecule has 13 heavy (non-hydrogen) atoms. The van der Waals surface area contributed by atoms with Crippen LogP contribution in [0.15, 0.2) is 0 Å². The molecule has 0 heterocycles. The molecule has 0 aromatic heterocycles. The van der Waals surface area contributed by atoms with Gasteiger partial charge < -0.3 is 5.73 Å². The molecule has 2 atom stereocenters. The molecule has 4 aliphatic rings. The summed E-state index contributed by atoms with van der Waals surface area (Å²) >= 11 is 0. The van der Waals surface area contributed by atoms with E-state index in [9.17, 15) is 4.79 Å². The predicted molar refractivity (Wildman–Crippen MR) is 49.5 cm³/mol. The van der Waals surface area contributed by atoms with Crippen molar-refractivity contribution < 1.29 is 4.79 Å². The Balaban J connectivity index is 1.95. The second-order valence-corrected chi connectivity index (χ2v) is 5.31. The molecule has 0 aliphatic heterocycles.